The predicted molar refractivity (Wildman–Crippen MR) is 106 cm³/mol. The highest BCUT2D eigenvalue weighted by molar-refractivity contribution is 7.12. The smallest absolute Gasteiger partial charge is 0.113 e. The molecule has 0 unspecified atom stereocenters. The van der Waals surface area contributed by atoms with Gasteiger partial charge in [-0.25, -0.2) is 0 Å². The average molecular weight is 409 g/mol. The van der Waals surface area contributed by atoms with E-state index >= 15 is 0 Å². The monoisotopic (exact) mass is 408 g/mol. The van der Waals surface area contributed by atoms with Crippen LogP contribution in [0.1, 0.15) is 39.5 Å². The standard InChI is InChI=1S/C21H28O6S/c1-2-12-3-5-13(6-4-12)9-14-10-15(17(28-14)7-8-22)21-20(26)19(25)18(24)16(11-23)27-21/h3-6,10,16,18-26H,2,7-9,11H2,1H3/t16-,18-,19+,20-,21+/m1/s1. The van der Waals surface area contributed by atoms with Gasteiger partial charge in [-0.2, -0.15) is 0 Å². The number of aliphatic hydroxyl groups excluding tert-OH is 5. The summed E-state index contributed by atoms with van der Waals surface area (Å²) in [5.41, 5.74) is 3.13. The van der Waals surface area contributed by atoms with Gasteiger partial charge in [0.2, 0.25) is 0 Å². The Kier molecular flexibility index (Phi) is 7.22. The molecule has 6 nitrogen and oxygen atoms in total. The molecule has 2 heterocycles. The first-order valence-electron chi connectivity index (χ1n) is 9.59. The van der Waals surface area contributed by atoms with E-state index in [0.717, 1.165) is 21.7 Å². The minimum Gasteiger partial charge on any atom is -0.396 e. The molecule has 0 bridgehead atoms. The molecule has 28 heavy (non-hydrogen) atoms. The lowest BCUT2D eigenvalue weighted by Gasteiger charge is -2.40. The molecule has 7 heteroatoms. The van der Waals surface area contributed by atoms with E-state index in [1.165, 1.54) is 16.9 Å². The number of aliphatic hydroxyl groups is 5. The number of hydrogen-bond donors (Lipinski definition) is 5. The van der Waals surface area contributed by atoms with Crippen molar-refractivity contribution in [3.63, 3.8) is 0 Å². The first-order chi connectivity index (χ1) is 13.5. The first kappa shape index (κ1) is 21.4. The Labute approximate surface area is 168 Å². The molecule has 0 radical (unpaired) electrons. The fourth-order valence-corrected chi connectivity index (χ4v) is 4.81. The van der Waals surface area contributed by atoms with Gasteiger partial charge in [0.15, 0.2) is 0 Å². The van der Waals surface area contributed by atoms with Crippen LogP contribution in [0, 0.1) is 0 Å². The lowest BCUT2D eigenvalue weighted by atomic mass is 9.91. The van der Waals surface area contributed by atoms with Crippen molar-refractivity contribution in [1.29, 1.82) is 0 Å². The maximum Gasteiger partial charge on any atom is 0.113 e. The highest BCUT2D eigenvalue weighted by atomic mass is 32.1. The number of rotatable bonds is 7. The highest BCUT2D eigenvalue weighted by Gasteiger charge is 2.44. The Balaban J connectivity index is 1.87. The van der Waals surface area contributed by atoms with Crippen LogP contribution >= 0.6 is 11.3 Å². The topological polar surface area (TPSA) is 110 Å². The Morgan fingerprint density at radius 3 is 2.25 bits per heavy atom. The minimum atomic E-state index is -1.41. The Morgan fingerprint density at radius 2 is 1.64 bits per heavy atom. The van der Waals surface area contributed by atoms with Crippen LogP contribution in [0.5, 0.6) is 0 Å². The molecule has 5 atom stereocenters. The normalized spacial score (nSPS) is 27.9. The van der Waals surface area contributed by atoms with E-state index in [-0.39, 0.29) is 6.61 Å². The summed E-state index contributed by atoms with van der Waals surface area (Å²) in [7, 11) is 0. The third-order valence-corrected chi connectivity index (χ3v) is 6.45. The zero-order chi connectivity index (χ0) is 20.3. The molecule has 3 rings (SSSR count). The fraction of sp³-hybridized carbons (Fsp3) is 0.524. The van der Waals surface area contributed by atoms with Crippen molar-refractivity contribution in [2.45, 2.75) is 56.7 Å². The van der Waals surface area contributed by atoms with Crippen molar-refractivity contribution in [2.24, 2.45) is 0 Å². The van der Waals surface area contributed by atoms with Gasteiger partial charge in [-0.15, -0.1) is 11.3 Å². The first-order valence-corrected chi connectivity index (χ1v) is 10.4. The van der Waals surface area contributed by atoms with Crippen LogP contribution in [0.4, 0.5) is 0 Å². The van der Waals surface area contributed by atoms with Crippen LogP contribution in [0.2, 0.25) is 0 Å². The summed E-state index contributed by atoms with van der Waals surface area (Å²) in [4.78, 5) is 1.92. The zero-order valence-electron chi connectivity index (χ0n) is 15.9. The number of aryl methyl sites for hydroxylation is 1. The predicted octanol–water partition coefficient (Wildman–Crippen LogP) is 0.951. The van der Waals surface area contributed by atoms with Gasteiger partial charge in [0.05, 0.1) is 6.61 Å². The molecule has 1 aliphatic rings. The van der Waals surface area contributed by atoms with Crippen molar-refractivity contribution in [3.05, 3.63) is 56.8 Å². The van der Waals surface area contributed by atoms with Gasteiger partial charge in [-0.05, 0) is 29.2 Å². The van der Waals surface area contributed by atoms with Gasteiger partial charge in [-0.3, -0.25) is 0 Å². The van der Waals surface area contributed by atoms with Crippen molar-refractivity contribution in [3.8, 4) is 0 Å². The van der Waals surface area contributed by atoms with Crippen LogP contribution < -0.4 is 0 Å². The summed E-state index contributed by atoms with van der Waals surface area (Å²) in [6, 6.07) is 10.3. The molecule has 1 saturated heterocycles. The molecule has 1 aromatic heterocycles. The van der Waals surface area contributed by atoms with Gasteiger partial charge < -0.3 is 30.3 Å². The van der Waals surface area contributed by atoms with Gasteiger partial charge in [-0.1, -0.05) is 31.2 Å². The maximum absolute atomic E-state index is 10.4. The van der Waals surface area contributed by atoms with Crippen LogP contribution in [0.25, 0.3) is 0 Å². The summed E-state index contributed by atoms with van der Waals surface area (Å²) in [5.74, 6) is 0. The third-order valence-electron chi connectivity index (χ3n) is 5.24. The molecule has 5 N–H and O–H groups in total. The van der Waals surface area contributed by atoms with Gasteiger partial charge >= 0.3 is 0 Å². The molecule has 1 aliphatic heterocycles. The minimum absolute atomic E-state index is 0.0461. The van der Waals surface area contributed by atoms with E-state index in [9.17, 15) is 25.5 Å². The molecular weight excluding hydrogens is 380 g/mol. The van der Waals surface area contributed by atoms with Gasteiger partial charge in [0.1, 0.15) is 30.5 Å². The number of thiophene rings is 1. The summed E-state index contributed by atoms with van der Waals surface area (Å²) in [6.45, 7) is 1.61. The summed E-state index contributed by atoms with van der Waals surface area (Å²) < 4.78 is 5.71. The Hall–Kier alpha value is -1.32. The molecule has 0 spiro atoms. The lowest BCUT2D eigenvalue weighted by Crippen LogP contribution is -2.55. The second-order valence-electron chi connectivity index (χ2n) is 7.16. The second-order valence-corrected chi connectivity index (χ2v) is 8.38. The van der Waals surface area contributed by atoms with E-state index < -0.39 is 37.1 Å². The van der Waals surface area contributed by atoms with E-state index in [4.69, 9.17) is 4.74 Å². The largest absolute Gasteiger partial charge is 0.396 e. The fourth-order valence-electron chi connectivity index (χ4n) is 3.58. The molecule has 0 saturated carbocycles. The van der Waals surface area contributed by atoms with Crippen molar-refractivity contribution >= 4 is 11.3 Å². The number of hydrogen-bond acceptors (Lipinski definition) is 7. The zero-order valence-corrected chi connectivity index (χ0v) is 16.7. The molecule has 1 fully saturated rings. The maximum atomic E-state index is 10.4. The highest BCUT2D eigenvalue weighted by Crippen LogP contribution is 2.38. The van der Waals surface area contributed by atoms with E-state index in [1.807, 2.05) is 6.07 Å². The van der Waals surface area contributed by atoms with Crippen molar-refractivity contribution in [2.75, 3.05) is 13.2 Å². The SMILES string of the molecule is CCc1ccc(Cc2cc([C@@H]3O[C@H](CO)[C@@H](O)[C@H](O)[C@H]3O)c(CCO)s2)cc1. The van der Waals surface area contributed by atoms with Crippen molar-refractivity contribution in [1.82, 2.24) is 0 Å². The molecule has 0 aliphatic carbocycles. The van der Waals surface area contributed by atoms with Crippen LogP contribution in [0.15, 0.2) is 30.3 Å². The molecule has 0 amide bonds. The summed E-state index contributed by atoms with van der Waals surface area (Å²) >= 11 is 1.54. The quantitative estimate of drug-likeness (QED) is 0.467. The van der Waals surface area contributed by atoms with Crippen molar-refractivity contribution < 1.29 is 30.3 Å². The van der Waals surface area contributed by atoms with Gasteiger partial charge in [0, 0.05) is 29.2 Å². The molecular formula is C21H28O6S. The summed E-state index contributed by atoms with van der Waals surface area (Å²) in [6.07, 6.45) is -3.83. The Morgan fingerprint density at radius 1 is 0.964 bits per heavy atom. The third kappa shape index (κ3) is 4.46. The van der Waals surface area contributed by atoms with E-state index in [0.29, 0.717) is 18.4 Å². The number of benzene rings is 1. The molecule has 154 valence electrons. The molecule has 1 aromatic carbocycles. The number of ether oxygens (including phenoxy) is 1. The van der Waals surface area contributed by atoms with E-state index in [2.05, 4.69) is 31.2 Å². The molecule has 2 aromatic rings. The second kappa shape index (κ2) is 9.45. The average Bonchev–Trinajstić information content (AvgIpc) is 3.09. The van der Waals surface area contributed by atoms with Crippen LogP contribution in [-0.2, 0) is 24.0 Å². The summed E-state index contributed by atoms with van der Waals surface area (Å²) in [5, 5.41) is 49.4. The Bertz CT molecular complexity index is 757. The van der Waals surface area contributed by atoms with Crippen LogP contribution in [0.3, 0.4) is 0 Å². The van der Waals surface area contributed by atoms with E-state index in [1.54, 1.807) is 0 Å². The van der Waals surface area contributed by atoms with Gasteiger partial charge in [0.25, 0.3) is 0 Å². The lowest BCUT2D eigenvalue weighted by molar-refractivity contribution is -0.231. The van der Waals surface area contributed by atoms with Crippen LogP contribution in [-0.4, -0.2) is 63.2 Å².